The average Bonchev–Trinajstić information content (AvgIpc) is 2.34. The van der Waals surface area contributed by atoms with Gasteiger partial charge in [0.2, 0.25) is 5.75 Å². The van der Waals surface area contributed by atoms with Crippen molar-refractivity contribution in [2.24, 2.45) is 5.73 Å². The van der Waals surface area contributed by atoms with Crippen LogP contribution in [0.4, 0.5) is 4.79 Å². The van der Waals surface area contributed by atoms with E-state index in [1.165, 1.54) is 21.3 Å². The first-order valence-electron chi connectivity index (χ1n) is 4.83. The van der Waals surface area contributed by atoms with Crippen molar-refractivity contribution in [3.8, 4) is 17.2 Å². The maximum Gasteiger partial charge on any atom is 0.404 e. The van der Waals surface area contributed by atoms with Crippen molar-refractivity contribution in [1.82, 2.24) is 0 Å². The van der Waals surface area contributed by atoms with Gasteiger partial charge in [0, 0.05) is 0 Å². The molecule has 0 saturated heterocycles. The second-order valence-electron chi connectivity index (χ2n) is 3.14. The summed E-state index contributed by atoms with van der Waals surface area (Å²) in [5.41, 5.74) is 5.58. The highest BCUT2D eigenvalue weighted by atomic mass is 16.5. The number of nitrogens with two attached hydrogens (primary N) is 1. The van der Waals surface area contributed by atoms with Crippen molar-refractivity contribution in [3.05, 3.63) is 17.7 Å². The first-order chi connectivity index (χ1) is 8.12. The third-order valence-electron chi connectivity index (χ3n) is 2.11. The molecule has 0 heterocycles. The topological polar surface area (TPSA) is 80.0 Å². The van der Waals surface area contributed by atoms with Gasteiger partial charge < -0.3 is 24.7 Å². The Hall–Kier alpha value is -2.11. The van der Waals surface area contributed by atoms with Crippen LogP contribution in [0, 0.1) is 0 Å². The minimum absolute atomic E-state index is 0.0477. The predicted molar refractivity (Wildman–Crippen MR) is 60.5 cm³/mol. The summed E-state index contributed by atoms with van der Waals surface area (Å²) in [6.45, 7) is 0.0477. The maximum absolute atomic E-state index is 10.5. The minimum Gasteiger partial charge on any atom is -0.493 e. The van der Waals surface area contributed by atoms with Crippen molar-refractivity contribution < 1.29 is 23.7 Å². The largest absolute Gasteiger partial charge is 0.493 e. The Bertz CT molecular complexity index is 380. The van der Waals surface area contributed by atoms with E-state index >= 15 is 0 Å². The van der Waals surface area contributed by atoms with E-state index < -0.39 is 6.09 Å². The second-order valence-corrected chi connectivity index (χ2v) is 3.14. The number of methoxy groups -OCH3 is 3. The maximum atomic E-state index is 10.5. The highest BCUT2D eigenvalue weighted by Gasteiger charge is 2.13. The van der Waals surface area contributed by atoms with Crippen LogP contribution in [-0.2, 0) is 11.3 Å². The highest BCUT2D eigenvalue weighted by Crippen LogP contribution is 2.38. The molecule has 0 radical (unpaired) electrons. The molecule has 0 fully saturated rings. The van der Waals surface area contributed by atoms with Gasteiger partial charge in [-0.2, -0.15) is 0 Å². The molecule has 0 bridgehead atoms. The lowest BCUT2D eigenvalue weighted by Gasteiger charge is -2.13. The molecule has 0 aromatic heterocycles. The molecule has 1 rings (SSSR count). The zero-order valence-corrected chi connectivity index (χ0v) is 9.98. The van der Waals surface area contributed by atoms with Crippen molar-refractivity contribution in [3.63, 3.8) is 0 Å². The molecular weight excluding hydrogens is 226 g/mol. The van der Waals surface area contributed by atoms with E-state index in [9.17, 15) is 4.79 Å². The lowest BCUT2D eigenvalue weighted by atomic mass is 10.2. The van der Waals surface area contributed by atoms with Crippen LogP contribution in [0.15, 0.2) is 12.1 Å². The Kier molecular flexibility index (Phi) is 4.45. The highest BCUT2D eigenvalue weighted by molar-refractivity contribution is 5.64. The van der Waals surface area contributed by atoms with E-state index in [0.717, 1.165) is 0 Å². The van der Waals surface area contributed by atoms with Crippen LogP contribution >= 0.6 is 0 Å². The number of primary amides is 1. The van der Waals surface area contributed by atoms with Crippen LogP contribution in [0.2, 0.25) is 0 Å². The molecule has 0 unspecified atom stereocenters. The van der Waals surface area contributed by atoms with Crippen LogP contribution in [0.1, 0.15) is 5.56 Å². The fraction of sp³-hybridized carbons (Fsp3) is 0.364. The van der Waals surface area contributed by atoms with Gasteiger partial charge in [0.15, 0.2) is 11.5 Å². The van der Waals surface area contributed by atoms with Gasteiger partial charge in [-0.1, -0.05) is 0 Å². The van der Waals surface area contributed by atoms with Gasteiger partial charge in [0.25, 0.3) is 0 Å². The number of carbonyl (C=O) groups is 1. The number of benzene rings is 1. The monoisotopic (exact) mass is 241 g/mol. The summed E-state index contributed by atoms with van der Waals surface area (Å²) in [4.78, 5) is 10.5. The lowest BCUT2D eigenvalue weighted by molar-refractivity contribution is 0.150. The summed E-state index contributed by atoms with van der Waals surface area (Å²) in [6, 6.07) is 3.37. The van der Waals surface area contributed by atoms with Crippen molar-refractivity contribution in [1.29, 1.82) is 0 Å². The van der Waals surface area contributed by atoms with Crippen LogP contribution in [0.5, 0.6) is 17.2 Å². The van der Waals surface area contributed by atoms with Gasteiger partial charge in [-0.25, -0.2) is 4.79 Å². The molecule has 0 atom stereocenters. The molecule has 6 nitrogen and oxygen atoms in total. The Morgan fingerprint density at radius 1 is 1.12 bits per heavy atom. The number of hydrogen-bond acceptors (Lipinski definition) is 5. The fourth-order valence-corrected chi connectivity index (χ4v) is 1.37. The standard InChI is InChI=1S/C11H15NO5/c1-14-8-4-7(6-17-11(12)13)5-9(15-2)10(8)16-3/h4-5H,6H2,1-3H3,(H2,12,13). The number of rotatable bonds is 5. The molecule has 6 heteroatoms. The lowest BCUT2D eigenvalue weighted by Crippen LogP contribution is -2.12. The molecule has 1 amide bonds. The molecule has 0 saturated carbocycles. The quantitative estimate of drug-likeness (QED) is 0.840. The van der Waals surface area contributed by atoms with E-state index in [0.29, 0.717) is 22.8 Å². The Balaban J connectivity index is 3.04. The molecule has 1 aromatic carbocycles. The van der Waals surface area contributed by atoms with Gasteiger partial charge in [0.1, 0.15) is 6.61 Å². The van der Waals surface area contributed by atoms with E-state index in [-0.39, 0.29) is 6.61 Å². The number of ether oxygens (including phenoxy) is 4. The summed E-state index contributed by atoms with van der Waals surface area (Å²) in [7, 11) is 4.53. The molecule has 0 aliphatic heterocycles. The van der Waals surface area contributed by atoms with Gasteiger partial charge in [0.05, 0.1) is 21.3 Å². The summed E-state index contributed by atoms with van der Waals surface area (Å²) >= 11 is 0. The van der Waals surface area contributed by atoms with Crippen molar-refractivity contribution >= 4 is 6.09 Å². The molecule has 0 spiro atoms. The fourth-order valence-electron chi connectivity index (χ4n) is 1.37. The first kappa shape index (κ1) is 13.0. The van der Waals surface area contributed by atoms with Crippen molar-refractivity contribution in [2.75, 3.05) is 21.3 Å². The summed E-state index contributed by atoms with van der Waals surface area (Å²) < 4.78 is 20.1. The SMILES string of the molecule is COc1cc(COC(N)=O)cc(OC)c1OC. The molecule has 0 aliphatic rings. The van der Waals surface area contributed by atoms with Crippen molar-refractivity contribution in [2.45, 2.75) is 6.61 Å². The summed E-state index contributed by atoms with van der Waals surface area (Å²) in [5, 5.41) is 0. The first-order valence-corrected chi connectivity index (χ1v) is 4.83. The average molecular weight is 241 g/mol. The van der Waals surface area contributed by atoms with E-state index in [4.69, 9.17) is 19.9 Å². The Labute approximate surface area is 99.2 Å². The van der Waals surface area contributed by atoms with Crippen LogP contribution in [0.3, 0.4) is 0 Å². The number of amides is 1. The van der Waals surface area contributed by atoms with Gasteiger partial charge in [-0.15, -0.1) is 0 Å². The predicted octanol–water partition coefficient (Wildman–Crippen LogP) is 1.31. The summed E-state index contributed by atoms with van der Waals surface area (Å²) in [5.74, 6) is 1.47. The molecule has 1 aromatic rings. The van der Waals surface area contributed by atoms with Gasteiger partial charge in [-0.05, 0) is 17.7 Å². The molecule has 0 aliphatic carbocycles. The Morgan fingerprint density at radius 3 is 2.00 bits per heavy atom. The normalized spacial score (nSPS) is 9.59. The summed E-state index contributed by atoms with van der Waals surface area (Å²) in [6.07, 6.45) is -0.834. The van der Waals surface area contributed by atoms with E-state index in [1.54, 1.807) is 12.1 Å². The van der Waals surface area contributed by atoms with Crippen LogP contribution in [-0.4, -0.2) is 27.4 Å². The van der Waals surface area contributed by atoms with Crippen LogP contribution < -0.4 is 19.9 Å². The van der Waals surface area contributed by atoms with E-state index in [1.807, 2.05) is 0 Å². The zero-order valence-electron chi connectivity index (χ0n) is 9.98. The van der Waals surface area contributed by atoms with Gasteiger partial charge in [-0.3, -0.25) is 0 Å². The smallest absolute Gasteiger partial charge is 0.404 e. The second kappa shape index (κ2) is 5.83. The van der Waals surface area contributed by atoms with E-state index in [2.05, 4.69) is 4.74 Å². The zero-order chi connectivity index (χ0) is 12.8. The van der Waals surface area contributed by atoms with Gasteiger partial charge >= 0.3 is 6.09 Å². The molecular formula is C11H15NO5. The third-order valence-corrected chi connectivity index (χ3v) is 2.11. The number of hydrogen-bond donors (Lipinski definition) is 1. The molecule has 94 valence electrons. The Morgan fingerprint density at radius 2 is 1.65 bits per heavy atom. The minimum atomic E-state index is -0.834. The molecule has 2 N–H and O–H groups in total. The molecule has 17 heavy (non-hydrogen) atoms. The number of carbonyl (C=O) groups excluding carboxylic acids is 1. The van der Waals surface area contributed by atoms with Crippen LogP contribution in [0.25, 0.3) is 0 Å². The third kappa shape index (κ3) is 3.17.